The van der Waals surface area contributed by atoms with Crippen molar-refractivity contribution in [1.29, 1.82) is 0 Å². The normalized spacial score (nSPS) is 14.3. The molecule has 0 amide bonds. The van der Waals surface area contributed by atoms with Crippen LogP contribution in [-0.2, 0) is 23.0 Å². The molecule has 30 heavy (non-hydrogen) atoms. The maximum absolute atomic E-state index is 14.6. The Kier molecular flexibility index (Phi) is 5.46. The van der Waals surface area contributed by atoms with Crippen LogP contribution in [0.3, 0.4) is 0 Å². The number of halogens is 4. The van der Waals surface area contributed by atoms with Crippen LogP contribution in [0.4, 0.5) is 18.9 Å². The summed E-state index contributed by atoms with van der Waals surface area (Å²) in [5.74, 6) is -2.37. The van der Waals surface area contributed by atoms with Gasteiger partial charge in [-0.15, -0.1) is 10.2 Å². The first-order valence-electron chi connectivity index (χ1n) is 9.16. The summed E-state index contributed by atoms with van der Waals surface area (Å²) < 4.78 is 72.0. The summed E-state index contributed by atoms with van der Waals surface area (Å²) in [5, 5.41) is 7.70. The van der Waals surface area contributed by atoms with E-state index < -0.39 is 43.1 Å². The van der Waals surface area contributed by atoms with E-state index in [1.54, 1.807) is 4.57 Å². The standard InChI is InChI=1S/C19H16ClF3N4O2S/c20-12-5-4-6-16(18(12)23)30(28,29)26-15-9-11(13(21)10-14(15)22)19-25-24-17-7-2-1-3-8-27(17)19/h4-6,9-10,26H,1-3,7-8H2. The third-order valence-electron chi connectivity index (χ3n) is 4.86. The molecule has 0 aliphatic carbocycles. The Bertz CT molecular complexity index is 1230. The van der Waals surface area contributed by atoms with Crippen molar-refractivity contribution in [3.05, 3.63) is 58.6 Å². The zero-order chi connectivity index (χ0) is 21.5. The van der Waals surface area contributed by atoms with Gasteiger partial charge in [-0.2, -0.15) is 0 Å². The Morgan fingerprint density at radius 1 is 1.03 bits per heavy atom. The van der Waals surface area contributed by atoms with Crippen molar-refractivity contribution in [3.8, 4) is 11.4 Å². The predicted molar refractivity (Wildman–Crippen MR) is 105 cm³/mol. The molecule has 0 saturated heterocycles. The maximum Gasteiger partial charge on any atom is 0.264 e. The zero-order valence-electron chi connectivity index (χ0n) is 15.5. The van der Waals surface area contributed by atoms with E-state index in [0.29, 0.717) is 24.9 Å². The molecule has 1 N–H and O–H groups in total. The molecule has 0 saturated carbocycles. The highest BCUT2D eigenvalue weighted by molar-refractivity contribution is 7.92. The molecular formula is C19H16ClF3N4O2S. The number of nitrogens with zero attached hydrogens (tertiary/aromatic N) is 3. The average molecular weight is 457 g/mol. The van der Waals surface area contributed by atoms with Crippen LogP contribution in [0.15, 0.2) is 35.2 Å². The molecule has 158 valence electrons. The number of hydrogen-bond donors (Lipinski definition) is 1. The maximum atomic E-state index is 14.6. The van der Waals surface area contributed by atoms with Gasteiger partial charge in [-0.3, -0.25) is 4.72 Å². The lowest BCUT2D eigenvalue weighted by Gasteiger charge is -2.13. The quantitative estimate of drug-likeness (QED) is 0.625. The van der Waals surface area contributed by atoms with Gasteiger partial charge in [0.05, 0.1) is 16.3 Å². The monoisotopic (exact) mass is 456 g/mol. The number of aryl methyl sites for hydroxylation is 1. The van der Waals surface area contributed by atoms with Crippen LogP contribution in [-0.4, -0.2) is 23.2 Å². The molecule has 4 rings (SSSR count). The lowest BCUT2D eigenvalue weighted by Crippen LogP contribution is -2.16. The molecule has 1 aliphatic heterocycles. The molecule has 0 radical (unpaired) electrons. The minimum atomic E-state index is -4.53. The molecule has 0 unspecified atom stereocenters. The molecule has 0 spiro atoms. The Morgan fingerprint density at radius 2 is 1.83 bits per heavy atom. The van der Waals surface area contributed by atoms with Crippen LogP contribution in [0.5, 0.6) is 0 Å². The number of anilines is 1. The van der Waals surface area contributed by atoms with Gasteiger partial charge in [0.1, 0.15) is 22.4 Å². The number of rotatable bonds is 4. The third kappa shape index (κ3) is 3.77. The first kappa shape index (κ1) is 20.7. The Morgan fingerprint density at radius 3 is 2.63 bits per heavy atom. The van der Waals surface area contributed by atoms with Crippen molar-refractivity contribution in [1.82, 2.24) is 14.8 Å². The van der Waals surface area contributed by atoms with E-state index >= 15 is 0 Å². The van der Waals surface area contributed by atoms with Crippen molar-refractivity contribution < 1.29 is 21.6 Å². The van der Waals surface area contributed by atoms with Gasteiger partial charge >= 0.3 is 0 Å². The molecule has 0 fully saturated rings. The zero-order valence-corrected chi connectivity index (χ0v) is 17.1. The summed E-state index contributed by atoms with van der Waals surface area (Å²) in [6, 6.07) is 4.97. The lowest BCUT2D eigenvalue weighted by atomic mass is 10.1. The number of hydrogen-bond acceptors (Lipinski definition) is 4. The van der Waals surface area contributed by atoms with Crippen LogP contribution in [0.1, 0.15) is 25.1 Å². The fraction of sp³-hybridized carbons (Fsp3) is 0.263. The molecule has 0 atom stereocenters. The minimum Gasteiger partial charge on any atom is -0.311 e. The summed E-state index contributed by atoms with van der Waals surface area (Å²) in [4.78, 5) is -0.753. The Hall–Kier alpha value is -2.59. The highest BCUT2D eigenvalue weighted by Crippen LogP contribution is 2.31. The molecule has 11 heteroatoms. The van der Waals surface area contributed by atoms with Crippen molar-refractivity contribution in [2.45, 2.75) is 37.1 Å². The number of benzene rings is 2. The minimum absolute atomic E-state index is 0.110. The first-order chi connectivity index (χ1) is 14.3. The predicted octanol–water partition coefficient (Wildman–Crippen LogP) is 4.54. The van der Waals surface area contributed by atoms with Crippen molar-refractivity contribution in [2.24, 2.45) is 0 Å². The highest BCUT2D eigenvalue weighted by atomic mass is 35.5. The topological polar surface area (TPSA) is 76.9 Å². The smallest absolute Gasteiger partial charge is 0.264 e. The molecule has 2 aromatic carbocycles. The SMILES string of the molecule is O=S(=O)(Nc1cc(-c2nnc3n2CCCCC3)c(F)cc1F)c1cccc(Cl)c1F. The summed E-state index contributed by atoms with van der Waals surface area (Å²) in [6.45, 7) is 0.573. The lowest BCUT2D eigenvalue weighted by molar-refractivity contribution is 0.568. The second-order valence-electron chi connectivity index (χ2n) is 6.87. The van der Waals surface area contributed by atoms with E-state index in [0.717, 1.165) is 31.4 Å². The molecule has 0 bridgehead atoms. The number of nitrogens with one attached hydrogen (secondary N) is 1. The molecule has 3 aromatic rings. The van der Waals surface area contributed by atoms with Crippen LogP contribution >= 0.6 is 11.6 Å². The summed E-state index contributed by atoms with van der Waals surface area (Å²) in [5.41, 5.74) is -0.655. The van der Waals surface area contributed by atoms with Crippen LogP contribution in [0, 0.1) is 17.5 Å². The fourth-order valence-corrected chi connectivity index (χ4v) is 4.76. The summed E-state index contributed by atoms with van der Waals surface area (Å²) in [7, 11) is -4.53. The van der Waals surface area contributed by atoms with Gasteiger partial charge in [0.25, 0.3) is 10.0 Å². The molecule has 1 aliphatic rings. The van der Waals surface area contributed by atoms with Crippen LogP contribution in [0.2, 0.25) is 5.02 Å². The van der Waals surface area contributed by atoms with Gasteiger partial charge in [0.2, 0.25) is 0 Å². The molecule has 6 nitrogen and oxygen atoms in total. The van der Waals surface area contributed by atoms with E-state index in [4.69, 9.17) is 11.6 Å². The Labute approximate surface area is 175 Å². The molecule has 2 heterocycles. The number of fused-ring (bicyclic) bond motifs is 1. The van der Waals surface area contributed by atoms with Crippen molar-refractivity contribution in [3.63, 3.8) is 0 Å². The first-order valence-corrected chi connectivity index (χ1v) is 11.0. The van der Waals surface area contributed by atoms with Gasteiger partial charge in [0, 0.05) is 19.0 Å². The summed E-state index contributed by atoms with van der Waals surface area (Å²) >= 11 is 5.64. The Balaban J connectivity index is 1.76. The largest absolute Gasteiger partial charge is 0.311 e. The van der Waals surface area contributed by atoms with E-state index in [9.17, 15) is 21.6 Å². The van der Waals surface area contributed by atoms with Gasteiger partial charge in [0.15, 0.2) is 11.6 Å². The second-order valence-corrected chi connectivity index (χ2v) is 8.93. The number of aromatic nitrogens is 3. The van der Waals surface area contributed by atoms with E-state index in [1.807, 2.05) is 4.72 Å². The van der Waals surface area contributed by atoms with E-state index in [1.165, 1.54) is 12.1 Å². The average Bonchev–Trinajstić information content (AvgIpc) is 2.93. The molecular weight excluding hydrogens is 441 g/mol. The third-order valence-corrected chi connectivity index (χ3v) is 6.53. The van der Waals surface area contributed by atoms with Crippen LogP contribution < -0.4 is 4.72 Å². The van der Waals surface area contributed by atoms with E-state index in [2.05, 4.69) is 10.2 Å². The second kappa shape index (κ2) is 7.92. The highest BCUT2D eigenvalue weighted by Gasteiger charge is 2.25. The van der Waals surface area contributed by atoms with Crippen LogP contribution in [0.25, 0.3) is 11.4 Å². The molecule has 1 aromatic heterocycles. The van der Waals surface area contributed by atoms with Gasteiger partial charge in [-0.1, -0.05) is 24.1 Å². The number of sulfonamides is 1. The van der Waals surface area contributed by atoms with Gasteiger partial charge < -0.3 is 4.57 Å². The van der Waals surface area contributed by atoms with Gasteiger partial charge in [-0.25, -0.2) is 21.6 Å². The fourth-order valence-electron chi connectivity index (χ4n) is 3.37. The van der Waals surface area contributed by atoms with E-state index in [-0.39, 0.29) is 11.4 Å². The van der Waals surface area contributed by atoms with Crippen molar-refractivity contribution >= 4 is 27.3 Å². The van der Waals surface area contributed by atoms with Gasteiger partial charge in [-0.05, 0) is 31.0 Å². The van der Waals surface area contributed by atoms with Crippen molar-refractivity contribution in [2.75, 3.05) is 4.72 Å². The summed E-state index contributed by atoms with van der Waals surface area (Å²) in [6.07, 6.45) is 3.46.